The molecule has 0 heterocycles. The Labute approximate surface area is 293 Å². The molecular weight excluding hydrogens is 586 g/mol. The fourth-order valence-electron chi connectivity index (χ4n) is 6.49. The first-order chi connectivity index (χ1) is 23.1. The van der Waals surface area contributed by atoms with E-state index in [0.29, 0.717) is 38.5 Å². The Bertz CT molecular complexity index is 603. The Morgan fingerprint density at radius 3 is 1.53 bits per heavy atom. The highest BCUT2D eigenvalue weighted by Gasteiger charge is 2.13. The lowest BCUT2D eigenvalue weighted by molar-refractivity contribution is -0.144. The minimum atomic E-state index is -0.665. The second-order valence-corrected chi connectivity index (χ2v) is 14.3. The minimum absolute atomic E-state index is 0.0938. The summed E-state index contributed by atoms with van der Waals surface area (Å²) in [6.45, 7) is 10.5. The van der Waals surface area contributed by atoms with Crippen LogP contribution in [0.2, 0.25) is 0 Å². The molecule has 6 heteroatoms. The Morgan fingerprint density at radius 1 is 0.553 bits per heavy atom. The van der Waals surface area contributed by atoms with E-state index in [-0.39, 0.29) is 12.6 Å². The average molecular weight is 670 g/mol. The molecule has 282 valence electrons. The van der Waals surface area contributed by atoms with Crippen LogP contribution in [0.25, 0.3) is 0 Å². The van der Waals surface area contributed by atoms with Gasteiger partial charge in [0.2, 0.25) is 0 Å². The summed E-state index contributed by atoms with van der Waals surface area (Å²) in [4.78, 5) is 14.4. The van der Waals surface area contributed by atoms with Gasteiger partial charge in [-0.25, -0.2) is 0 Å². The van der Waals surface area contributed by atoms with E-state index in [4.69, 9.17) is 9.47 Å². The number of nitrogens with zero attached hydrogens (tertiary/aromatic N) is 1. The van der Waals surface area contributed by atoms with Gasteiger partial charge >= 0.3 is 5.97 Å². The number of carbonyl (C=O) groups excluding carboxylic acids is 1. The van der Waals surface area contributed by atoms with Gasteiger partial charge in [0.25, 0.3) is 0 Å². The van der Waals surface area contributed by atoms with Gasteiger partial charge in [-0.05, 0) is 64.0 Å². The summed E-state index contributed by atoms with van der Waals surface area (Å²) in [5.41, 5.74) is 0. The minimum Gasteiger partial charge on any atom is -0.466 e. The highest BCUT2D eigenvalue weighted by Crippen LogP contribution is 2.21. The van der Waals surface area contributed by atoms with Crippen molar-refractivity contribution in [2.24, 2.45) is 5.92 Å². The normalized spacial score (nSPS) is 12.4. The molecule has 6 nitrogen and oxygen atoms in total. The third-order valence-corrected chi connectivity index (χ3v) is 9.66. The van der Waals surface area contributed by atoms with Crippen molar-refractivity contribution < 1.29 is 24.5 Å². The van der Waals surface area contributed by atoms with Crippen molar-refractivity contribution in [3.05, 3.63) is 0 Å². The first-order valence-corrected chi connectivity index (χ1v) is 20.9. The van der Waals surface area contributed by atoms with Crippen LogP contribution in [-0.2, 0) is 14.3 Å². The van der Waals surface area contributed by atoms with E-state index in [0.717, 1.165) is 51.6 Å². The van der Waals surface area contributed by atoms with Crippen molar-refractivity contribution in [1.29, 1.82) is 0 Å². The zero-order valence-corrected chi connectivity index (χ0v) is 32.0. The number of ether oxygens (including phenoxy) is 2. The number of rotatable bonds is 39. The fourth-order valence-corrected chi connectivity index (χ4v) is 6.49. The molecule has 0 saturated heterocycles. The summed E-state index contributed by atoms with van der Waals surface area (Å²) in [7, 11) is 0. The maximum Gasteiger partial charge on any atom is 0.305 e. The molecule has 0 saturated carbocycles. The van der Waals surface area contributed by atoms with Gasteiger partial charge < -0.3 is 24.6 Å². The molecule has 0 aliphatic heterocycles. The van der Waals surface area contributed by atoms with Gasteiger partial charge in [-0.2, -0.15) is 0 Å². The number of unbranched alkanes of at least 4 members (excludes halogenated alkanes) is 20. The van der Waals surface area contributed by atoms with E-state index < -0.39 is 6.29 Å². The lowest BCUT2D eigenvalue weighted by Crippen LogP contribution is -2.29. The highest BCUT2D eigenvalue weighted by atomic mass is 16.6. The predicted octanol–water partition coefficient (Wildman–Crippen LogP) is 11.1. The van der Waals surface area contributed by atoms with Crippen LogP contribution in [0.5, 0.6) is 0 Å². The maximum absolute atomic E-state index is 12.2. The van der Waals surface area contributed by atoms with Crippen LogP contribution in [0.4, 0.5) is 0 Å². The van der Waals surface area contributed by atoms with E-state index in [9.17, 15) is 15.0 Å². The van der Waals surface area contributed by atoms with E-state index in [2.05, 4.69) is 25.7 Å². The second kappa shape index (κ2) is 38.1. The van der Waals surface area contributed by atoms with Crippen molar-refractivity contribution in [3.63, 3.8) is 0 Å². The molecular formula is C41H83NO5. The Balaban J connectivity index is 4.05. The number of hydrogen-bond donors (Lipinski definition) is 2. The van der Waals surface area contributed by atoms with Crippen molar-refractivity contribution in [3.8, 4) is 0 Å². The van der Waals surface area contributed by atoms with E-state index in [1.54, 1.807) is 0 Å². The lowest BCUT2D eigenvalue weighted by Gasteiger charge is -2.21. The molecule has 0 aliphatic carbocycles. The quantitative estimate of drug-likeness (QED) is 0.0385. The van der Waals surface area contributed by atoms with Gasteiger partial charge in [-0.15, -0.1) is 0 Å². The first kappa shape index (κ1) is 46.3. The molecule has 0 fully saturated rings. The first-order valence-electron chi connectivity index (χ1n) is 20.9. The Morgan fingerprint density at radius 2 is 1.00 bits per heavy atom. The number of aliphatic hydroxyl groups excluding tert-OH is 2. The molecule has 0 radical (unpaired) electrons. The van der Waals surface area contributed by atoms with Gasteiger partial charge in [0.15, 0.2) is 6.29 Å². The summed E-state index contributed by atoms with van der Waals surface area (Å²) < 4.78 is 11.4. The molecule has 1 unspecified atom stereocenters. The van der Waals surface area contributed by atoms with Crippen LogP contribution in [0.15, 0.2) is 0 Å². The van der Waals surface area contributed by atoms with Crippen LogP contribution in [0.1, 0.15) is 207 Å². The van der Waals surface area contributed by atoms with Gasteiger partial charge in [-0.1, -0.05) is 156 Å². The topological polar surface area (TPSA) is 79.2 Å². The number of carbonyl (C=O) groups is 1. The molecule has 0 aromatic heterocycles. The van der Waals surface area contributed by atoms with Gasteiger partial charge in [-0.3, -0.25) is 4.79 Å². The SMILES string of the molecule is CCCCCCCCCCCOC(=O)CCCN(CCO)CCCCCC(O)OCC(CCCCCCCC)CCCCCCCC. The van der Waals surface area contributed by atoms with Gasteiger partial charge in [0.05, 0.1) is 19.8 Å². The fraction of sp³-hybridized carbons (Fsp3) is 0.976. The van der Waals surface area contributed by atoms with Gasteiger partial charge in [0, 0.05) is 13.0 Å². The summed E-state index contributed by atoms with van der Waals surface area (Å²) in [6, 6.07) is 0. The Kier molecular flexibility index (Phi) is 37.6. The van der Waals surface area contributed by atoms with Crippen molar-refractivity contribution >= 4 is 5.97 Å². The maximum atomic E-state index is 12.2. The molecule has 0 rings (SSSR count). The molecule has 0 amide bonds. The standard InChI is InChI=1S/C41H83NO5/c1-4-7-10-13-16-17-18-21-27-37-46-40(44)32-28-34-42(35-36-43)33-26-22-25-31-41(45)47-38-39(29-23-19-14-11-8-5-2)30-24-20-15-12-9-6-3/h39,41,43,45H,4-38H2,1-3H3. The van der Waals surface area contributed by atoms with Crippen LogP contribution in [0.3, 0.4) is 0 Å². The molecule has 0 aromatic carbocycles. The smallest absolute Gasteiger partial charge is 0.305 e. The molecule has 2 N–H and O–H groups in total. The van der Waals surface area contributed by atoms with E-state index >= 15 is 0 Å². The third-order valence-electron chi connectivity index (χ3n) is 9.66. The zero-order valence-electron chi connectivity index (χ0n) is 32.0. The molecule has 47 heavy (non-hydrogen) atoms. The highest BCUT2D eigenvalue weighted by molar-refractivity contribution is 5.69. The monoisotopic (exact) mass is 670 g/mol. The molecule has 0 spiro atoms. The van der Waals surface area contributed by atoms with Crippen LogP contribution < -0.4 is 0 Å². The van der Waals surface area contributed by atoms with Crippen LogP contribution in [0, 0.1) is 5.92 Å². The predicted molar refractivity (Wildman–Crippen MR) is 201 cm³/mol. The van der Waals surface area contributed by atoms with E-state index in [1.165, 1.54) is 135 Å². The third kappa shape index (κ3) is 35.0. The number of aliphatic hydroxyl groups is 2. The van der Waals surface area contributed by atoms with E-state index in [1.807, 2.05) is 0 Å². The molecule has 0 aromatic rings. The zero-order chi connectivity index (χ0) is 34.5. The molecule has 0 bridgehead atoms. The lowest BCUT2D eigenvalue weighted by atomic mass is 9.94. The summed E-state index contributed by atoms with van der Waals surface area (Å²) in [6.07, 6.45) is 34.0. The van der Waals surface area contributed by atoms with Crippen LogP contribution in [-0.4, -0.2) is 66.8 Å². The van der Waals surface area contributed by atoms with Gasteiger partial charge in [0.1, 0.15) is 0 Å². The molecule has 0 aliphatic rings. The number of hydrogen-bond acceptors (Lipinski definition) is 6. The Hall–Kier alpha value is -0.690. The van der Waals surface area contributed by atoms with Crippen LogP contribution >= 0.6 is 0 Å². The summed E-state index contributed by atoms with van der Waals surface area (Å²) >= 11 is 0. The van der Waals surface area contributed by atoms with Crippen molar-refractivity contribution in [1.82, 2.24) is 4.90 Å². The van der Waals surface area contributed by atoms with Crippen molar-refractivity contribution in [2.75, 3.05) is 39.5 Å². The second-order valence-electron chi connectivity index (χ2n) is 14.3. The largest absolute Gasteiger partial charge is 0.466 e. The molecule has 1 atom stereocenters. The summed E-state index contributed by atoms with van der Waals surface area (Å²) in [5.74, 6) is 0.477. The summed E-state index contributed by atoms with van der Waals surface area (Å²) in [5, 5.41) is 20.0. The number of esters is 1. The van der Waals surface area contributed by atoms with Crippen molar-refractivity contribution in [2.45, 2.75) is 213 Å². The average Bonchev–Trinajstić information content (AvgIpc) is 3.06.